The number of aliphatic carboxylic acids is 1. The number of unbranched alkanes of at least 4 members (excludes halogenated alkanes) is 1. The van der Waals surface area contributed by atoms with E-state index in [4.69, 9.17) is 15.9 Å². The molecule has 0 radical (unpaired) electrons. The summed E-state index contributed by atoms with van der Waals surface area (Å²) in [5.74, 6) is -2.82. The molecule has 178 valence electrons. The lowest BCUT2D eigenvalue weighted by Gasteiger charge is -2.26. The SMILES string of the molecule is CC(C)CC(NC(=O)C(CCCCN)NC(=O)C1CCCN1)C(=O)NC(CO)C(=O)O. The second-order valence-corrected chi connectivity index (χ2v) is 8.27. The van der Waals surface area contributed by atoms with E-state index in [-0.39, 0.29) is 24.3 Å². The van der Waals surface area contributed by atoms with Gasteiger partial charge in [-0.15, -0.1) is 0 Å². The maximum atomic E-state index is 13.0. The highest BCUT2D eigenvalue weighted by molar-refractivity contribution is 5.94. The minimum Gasteiger partial charge on any atom is -0.480 e. The molecular weight excluding hydrogens is 406 g/mol. The molecule has 31 heavy (non-hydrogen) atoms. The van der Waals surface area contributed by atoms with Gasteiger partial charge in [-0.3, -0.25) is 14.4 Å². The Bertz CT molecular complexity index is 609. The number of nitrogens with one attached hydrogen (secondary N) is 4. The van der Waals surface area contributed by atoms with Crippen molar-refractivity contribution in [2.45, 2.75) is 76.5 Å². The molecule has 4 atom stereocenters. The lowest BCUT2D eigenvalue weighted by Crippen LogP contribution is -2.57. The maximum Gasteiger partial charge on any atom is 0.328 e. The van der Waals surface area contributed by atoms with Crippen LogP contribution in [0.3, 0.4) is 0 Å². The van der Waals surface area contributed by atoms with Crippen LogP contribution in [0.15, 0.2) is 0 Å². The number of aliphatic hydroxyl groups excluding tert-OH is 1. The normalized spacial score (nSPS) is 18.8. The summed E-state index contributed by atoms with van der Waals surface area (Å²) in [5, 5.41) is 28.9. The molecule has 3 amide bonds. The lowest BCUT2D eigenvalue weighted by molar-refractivity contribution is -0.143. The molecule has 1 heterocycles. The van der Waals surface area contributed by atoms with Crippen molar-refractivity contribution in [1.29, 1.82) is 0 Å². The highest BCUT2D eigenvalue weighted by atomic mass is 16.4. The van der Waals surface area contributed by atoms with Gasteiger partial charge >= 0.3 is 5.97 Å². The van der Waals surface area contributed by atoms with Crippen molar-refractivity contribution in [3.63, 3.8) is 0 Å². The number of rotatable bonds is 14. The molecule has 1 aliphatic rings. The molecular formula is C20H37N5O6. The molecule has 0 spiro atoms. The van der Waals surface area contributed by atoms with Crippen LogP contribution in [0.5, 0.6) is 0 Å². The van der Waals surface area contributed by atoms with E-state index < -0.39 is 42.5 Å². The van der Waals surface area contributed by atoms with E-state index >= 15 is 0 Å². The van der Waals surface area contributed by atoms with Gasteiger partial charge in [0.15, 0.2) is 0 Å². The number of carbonyl (C=O) groups is 4. The molecule has 0 aliphatic carbocycles. The second-order valence-electron chi connectivity index (χ2n) is 8.27. The number of aliphatic hydroxyl groups is 1. The first-order valence-corrected chi connectivity index (χ1v) is 10.9. The van der Waals surface area contributed by atoms with Crippen LogP contribution >= 0.6 is 0 Å². The molecule has 1 aliphatic heterocycles. The summed E-state index contributed by atoms with van der Waals surface area (Å²) in [7, 11) is 0. The first kappa shape index (κ1) is 26.8. The fraction of sp³-hybridized carbons (Fsp3) is 0.800. The van der Waals surface area contributed by atoms with Crippen LogP contribution in [0.4, 0.5) is 0 Å². The van der Waals surface area contributed by atoms with Crippen LogP contribution in [-0.4, -0.2) is 77.8 Å². The zero-order valence-corrected chi connectivity index (χ0v) is 18.4. The predicted octanol–water partition coefficient (Wildman–Crippen LogP) is -1.56. The average Bonchev–Trinajstić information content (AvgIpc) is 3.25. The Kier molecular flexibility index (Phi) is 12.1. The fourth-order valence-electron chi connectivity index (χ4n) is 3.38. The summed E-state index contributed by atoms with van der Waals surface area (Å²) in [4.78, 5) is 49.1. The molecule has 0 aromatic carbocycles. The van der Waals surface area contributed by atoms with Crippen LogP contribution in [0, 0.1) is 5.92 Å². The topological polar surface area (TPSA) is 183 Å². The van der Waals surface area contributed by atoms with E-state index in [2.05, 4.69) is 21.3 Å². The van der Waals surface area contributed by atoms with Gasteiger partial charge in [-0.05, 0) is 57.5 Å². The van der Waals surface area contributed by atoms with Gasteiger partial charge in [0.25, 0.3) is 0 Å². The van der Waals surface area contributed by atoms with Gasteiger partial charge in [0.2, 0.25) is 17.7 Å². The second kappa shape index (κ2) is 13.9. The third-order valence-electron chi connectivity index (χ3n) is 5.09. The van der Waals surface area contributed by atoms with Gasteiger partial charge in [-0.2, -0.15) is 0 Å². The standard InChI is InChI=1S/C20H37N5O6/c1-12(2)10-15(19(29)25-16(11-26)20(30)31)24-18(28)14(6-3-4-8-21)23-17(27)13-7-5-9-22-13/h12-16,22,26H,3-11,21H2,1-2H3,(H,23,27)(H,24,28)(H,25,29)(H,30,31). The molecule has 0 aromatic heterocycles. The molecule has 0 saturated carbocycles. The van der Waals surface area contributed by atoms with Gasteiger partial charge in [-0.25, -0.2) is 4.79 Å². The summed E-state index contributed by atoms with van der Waals surface area (Å²) in [6, 6.07) is -3.65. The highest BCUT2D eigenvalue weighted by Gasteiger charge is 2.31. The maximum absolute atomic E-state index is 13.0. The van der Waals surface area contributed by atoms with Gasteiger partial charge < -0.3 is 37.2 Å². The lowest BCUT2D eigenvalue weighted by atomic mass is 10.0. The molecule has 0 bridgehead atoms. The molecule has 1 saturated heterocycles. The smallest absolute Gasteiger partial charge is 0.328 e. The zero-order chi connectivity index (χ0) is 23.4. The fourth-order valence-corrected chi connectivity index (χ4v) is 3.38. The molecule has 8 N–H and O–H groups in total. The number of hydrogen-bond acceptors (Lipinski definition) is 7. The summed E-state index contributed by atoms with van der Waals surface area (Å²) >= 11 is 0. The van der Waals surface area contributed by atoms with Crippen LogP contribution in [-0.2, 0) is 19.2 Å². The Hall–Kier alpha value is -2.24. The Balaban J connectivity index is 2.86. The monoisotopic (exact) mass is 443 g/mol. The Morgan fingerprint density at radius 1 is 1.03 bits per heavy atom. The van der Waals surface area contributed by atoms with Crippen LogP contribution in [0.25, 0.3) is 0 Å². The Labute approximate surface area is 182 Å². The van der Waals surface area contributed by atoms with Crippen molar-refractivity contribution >= 4 is 23.7 Å². The minimum absolute atomic E-state index is 0.0291. The predicted molar refractivity (Wildman–Crippen MR) is 114 cm³/mol. The number of carbonyl (C=O) groups excluding carboxylic acids is 3. The number of amides is 3. The Morgan fingerprint density at radius 2 is 1.68 bits per heavy atom. The van der Waals surface area contributed by atoms with Crippen molar-refractivity contribution in [2.75, 3.05) is 19.7 Å². The van der Waals surface area contributed by atoms with E-state index in [9.17, 15) is 19.2 Å². The van der Waals surface area contributed by atoms with E-state index in [0.717, 1.165) is 13.0 Å². The number of carboxylic acids is 1. The van der Waals surface area contributed by atoms with Crippen molar-refractivity contribution in [3.8, 4) is 0 Å². The quantitative estimate of drug-likeness (QED) is 0.157. The molecule has 1 rings (SSSR count). The zero-order valence-electron chi connectivity index (χ0n) is 18.4. The average molecular weight is 444 g/mol. The van der Waals surface area contributed by atoms with Crippen molar-refractivity contribution in [3.05, 3.63) is 0 Å². The molecule has 4 unspecified atom stereocenters. The van der Waals surface area contributed by atoms with Gasteiger partial charge in [0.1, 0.15) is 18.1 Å². The first-order valence-electron chi connectivity index (χ1n) is 10.9. The van der Waals surface area contributed by atoms with E-state index in [1.54, 1.807) is 0 Å². The largest absolute Gasteiger partial charge is 0.480 e. The molecule has 0 aromatic rings. The van der Waals surface area contributed by atoms with Crippen molar-refractivity contribution in [1.82, 2.24) is 21.3 Å². The highest BCUT2D eigenvalue weighted by Crippen LogP contribution is 2.10. The molecule has 11 heteroatoms. The summed E-state index contributed by atoms with van der Waals surface area (Å²) in [5.41, 5.74) is 5.53. The summed E-state index contributed by atoms with van der Waals surface area (Å²) in [6.45, 7) is 4.16. The molecule has 1 fully saturated rings. The van der Waals surface area contributed by atoms with Crippen molar-refractivity contribution in [2.24, 2.45) is 11.7 Å². The minimum atomic E-state index is -1.47. The van der Waals surface area contributed by atoms with Gasteiger partial charge in [0, 0.05) is 0 Å². The van der Waals surface area contributed by atoms with Crippen LogP contribution in [0.1, 0.15) is 52.4 Å². The van der Waals surface area contributed by atoms with Gasteiger partial charge in [-0.1, -0.05) is 13.8 Å². The van der Waals surface area contributed by atoms with Crippen LogP contribution < -0.4 is 27.0 Å². The molecule has 11 nitrogen and oxygen atoms in total. The first-order chi connectivity index (χ1) is 14.7. The third kappa shape index (κ3) is 9.62. The number of nitrogens with two attached hydrogens (primary N) is 1. The van der Waals surface area contributed by atoms with E-state index in [1.165, 1.54) is 0 Å². The van der Waals surface area contributed by atoms with E-state index in [0.29, 0.717) is 32.2 Å². The third-order valence-corrected chi connectivity index (χ3v) is 5.09. The number of carboxylic acid groups (broad SMARTS) is 1. The van der Waals surface area contributed by atoms with Gasteiger partial charge in [0.05, 0.1) is 12.6 Å². The Morgan fingerprint density at radius 3 is 2.19 bits per heavy atom. The van der Waals surface area contributed by atoms with E-state index in [1.807, 2.05) is 13.8 Å². The van der Waals surface area contributed by atoms with Crippen LogP contribution in [0.2, 0.25) is 0 Å². The van der Waals surface area contributed by atoms with Crippen molar-refractivity contribution < 1.29 is 29.4 Å². The number of hydrogen-bond donors (Lipinski definition) is 7. The summed E-state index contributed by atoms with van der Waals surface area (Å²) in [6.07, 6.45) is 3.52. The summed E-state index contributed by atoms with van der Waals surface area (Å²) < 4.78 is 0.